The molecule has 8 heteroatoms. The third-order valence-electron chi connectivity index (χ3n) is 3.73. The first-order valence-electron chi connectivity index (χ1n) is 8.34. The number of halogens is 1. The van der Waals surface area contributed by atoms with Crippen LogP contribution < -0.4 is 10.6 Å². The summed E-state index contributed by atoms with van der Waals surface area (Å²) in [4.78, 5) is 27.3. The topological polar surface area (TPSA) is 97.1 Å². The van der Waals surface area contributed by atoms with Gasteiger partial charge in [0.25, 0.3) is 11.8 Å². The SMILES string of the molecule is O=C(NCCCNC(=O)c1cccnc1F)c1cc(-c2ccccc2)on1. The average molecular weight is 368 g/mol. The van der Waals surface area contributed by atoms with Crippen LogP contribution in [0.25, 0.3) is 11.3 Å². The molecular formula is C19H17FN4O3. The predicted octanol–water partition coefficient (Wildman–Crippen LogP) is 2.43. The fourth-order valence-electron chi connectivity index (χ4n) is 2.35. The normalized spacial score (nSPS) is 10.4. The van der Waals surface area contributed by atoms with Gasteiger partial charge in [0.05, 0.1) is 5.56 Å². The van der Waals surface area contributed by atoms with Crippen molar-refractivity contribution < 1.29 is 18.5 Å². The molecule has 0 atom stereocenters. The number of pyridine rings is 1. The van der Waals surface area contributed by atoms with Gasteiger partial charge >= 0.3 is 0 Å². The highest BCUT2D eigenvalue weighted by molar-refractivity contribution is 5.94. The summed E-state index contributed by atoms with van der Waals surface area (Å²) >= 11 is 0. The molecule has 0 spiro atoms. The first-order chi connectivity index (χ1) is 13.1. The molecule has 3 rings (SSSR count). The van der Waals surface area contributed by atoms with Crippen LogP contribution in [0.15, 0.2) is 59.3 Å². The van der Waals surface area contributed by atoms with Crippen LogP contribution in [0.2, 0.25) is 0 Å². The van der Waals surface area contributed by atoms with Gasteiger partial charge in [0.1, 0.15) is 0 Å². The second-order valence-electron chi connectivity index (χ2n) is 5.65. The van der Waals surface area contributed by atoms with Gasteiger partial charge in [-0.2, -0.15) is 4.39 Å². The number of nitrogens with one attached hydrogen (secondary N) is 2. The van der Waals surface area contributed by atoms with Gasteiger partial charge in [-0.25, -0.2) is 4.98 Å². The van der Waals surface area contributed by atoms with E-state index >= 15 is 0 Å². The minimum absolute atomic E-state index is 0.113. The molecule has 27 heavy (non-hydrogen) atoms. The van der Waals surface area contributed by atoms with Gasteiger partial charge in [-0.3, -0.25) is 9.59 Å². The fraction of sp³-hybridized carbons (Fsp3) is 0.158. The van der Waals surface area contributed by atoms with Gasteiger partial charge in [-0.1, -0.05) is 35.5 Å². The molecule has 0 fully saturated rings. The third kappa shape index (κ3) is 4.75. The summed E-state index contributed by atoms with van der Waals surface area (Å²) in [6.45, 7) is 0.601. The molecule has 0 aliphatic rings. The monoisotopic (exact) mass is 368 g/mol. The Morgan fingerprint density at radius 1 is 1.00 bits per heavy atom. The second kappa shape index (κ2) is 8.70. The van der Waals surface area contributed by atoms with Crippen LogP contribution in [0.1, 0.15) is 27.3 Å². The van der Waals surface area contributed by atoms with Crippen LogP contribution in [0.3, 0.4) is 0 Å². The highest BCUT2D eigenvalue weighted by atomic mass is 19.1. The molecule has 0 unspecified atom stereocenters. The van der Waals surface area contributed by atoms with Crippen molar-refractivity contribution in [3.63, 3.8) is 0 Å². The predicted molar refractivity (Wildman–Crippen MR) is 95.4 cm³/mol. The number of carbonyl (C=O) groups excluding carboxylic acids is 2. The molecule has 2 aromatic heterocycles. The van der Waals surface area contributed by atoms with E-state index in [1.165, 1.54) is 18.3 Å². The number of nitrogens with zero attached hydrogens (tertiary/aromatic N) is 2. The number of rotatable bonds is 7. The van der Waals surface area contributed by atoms with Crippen molar-refractivity contribution in [2.24, 2.45) is 0 Å². The van der Waals surface area contributed by atoms with E-state index in [9.17, 15) is 14.0 Å². The van der Waals surface area contributed by atoms with E-state index in [0.29, 0.717) is 18.7 Å². The summed E-state index contributed by atoms with van der Waals surface area (Å²) in [6, 6.07) is 13.7. The van der Waals surface area contributed by atoms with E-state index in [1.54, 1.807) is 6.07 Å². The fourth-order valence-corrected chi connectivity index (χ4v) is 2.35. The zero-order valence-corrected chi connectivity index (χ0v) is 14.3. The summed E-state index contributed by atoms with van der Waals surface area (Å²) in [7, 11) is 0. The molecule has 138 valence electrons. The third-order valence-corrected chi connectivity index (χ3v) is 3.73. The van der Waals surface area contributed by atoms with Crippen LogP contribution in [0.4, 0.5) is 4.39 Å². The number of hydrogen-bond acceptors (Lipinski definition) is 5. The van der Waals surface area contributed by atoms with Crippen molar-refractivity contribution >= 4 is 11.8 Å². The molecule has 1 aromatic carbocycles. The van der Waals surface area contributed by atoms with Crippen LogP contribution in [0.5, 0.6) is 0 Å². The lowest BCUT2D eigenvalue weighted by atomic mass is 10.1. The summed E-state index contributed by atoms with van der Waals surface area (Å²) in [5.74, 6) is -1.23. The summed E-state index contributed by atoms with van der Waals surface area (Å²) < 4.78 is 18.6. The smallest absolute Gasteiger partial charge is 0.273 e. The van der Waals surface area contributed by atoms with Crippen LogP contribution in [0, 0.1) is 5.95 Å². The average Bonchev–Trinajstić information content (AvgIpc) is 3.19. The summed E-state index contributed by atoms with van der Waals surface area (Å²) in [6.07, 6.45) is 1.75. The maximum absolute atomic E-state index is 13.4. The Hall–Kier alpha value is -3.55. The Morgan fingerprint density at radius 3 is 2.48 bits per heavy atom. The van der Waals surface area contributed by atoms with Crippen LogP contribution >= 0.6 is 0 Å². The molecule has 2 amide bonds. The Morgan fingerprint density at radius 2 is 1.74 bits per heavy atom. The van der Waals surface area contributed by atoms with E-state index in [2.05, 4.69) is 20.8 Å². The Balaban J connectivity index is 1.42. The Bertz CT molecular complexity index is 927. The largest absolute Gasteiger partial charge is 0.355 e. The first kappa shape index (κ1) is 18.2. The van der Waals surface area contributed by atoms with Crippen molar-refractivity contribution in [1.82, 2.24) is 20.8 Å². The highest BCUT2D eigenvalue weighted by Gasteiger charge is 2.14. The van der Waals surface area contributed by atoms with Gasteiger partial charge in [-0.05, 0) is 18.6 Å². The van der Waals surface area contributed by atoms with Crippen LogP contribution in [-0.2, 0) is 0 Å². The number of hydrogen-bond donors (Lipinski definition) is 2. The molecule has 0 aliphatic heterocycles. The molecule has 0 bridgehead atoms. The lowest BCUT2D eigenvalue weighted by Gasteiger charge is -2.06. The zero-order chi connectivity index (χ0) is 19.1. The van der Waals surface area contributed by atoms with E-state index in [1.807, 2.05) is 30.3 Å². The van der Waals surface area contributed by atoms with E-state index in [0.717, 1.165) is 5.56 Å². The van der Waals surface area contributed by atoms with Crippen molar-refractivity contribution in [3.8, 4) is 11.3 Å². The van der Waals surface area contributed by atoms with E-state index in [-0.39, 0.29) is 23.7 Å². The molecule has 0 saturated carbocycles. The number of carbonyl (C=O) groups is 2. The zero-order valence-electron chi connectivity index (χ0n) is 14.3. The molecule has 7 nitrogen and oxygen atoms in total. The van der Waals surface area contributed by atoms with Crippen molar-refractivity contribution in [2.45, 2.75) is 6.42 Å². The lowest BCUT2D eigenvalue weighted by Crippen LogP contribution is -2.30. The van der Waals surface area contributed by atoms with Crippen molar-refractivity contribution in [1.29, 1.82) is 0 Å². The van der Waals surface area contributed by atoms with Crippen molar-refractivity contribution in [3.05, 3.63) is 71.9 Å². The van der Waals surface area contributed by atoms with E-state index < -0.39 is 11.9 Å². The molecule has 3 aromatic rings. The van der Waals surface area contributed by atoms with Gasteiger partial charge in [-0.15, -0.1) is 0 Å². The maximum atomic E-state index is 13.4. The minimum atomic E-state index is -0.816. The van der Waals surface area contributed by atoms with Crippen molar-refractivity contribution in [2.75, 3.05) is 13.1 Å². The molecule has 2 N–H and O–H groups in total. The number of amides is 2. The molecule has 0 saturated heterocycles. The van der Waals surface area contributed by atoms with Gasteiger partial charge in [0.2, 0.25) is 5.95 Å². The number of benzene rings is 1. The first-order valence-corrected chi connectivity index (χ1v) is 8.34. The summed E-state index contributed by atoms with van der Waals surface area (Å²) in [5, 5.41) is 9.03. The van der Waals surface area contributed by atoms with E-state index in [4.69, 9.17) is 4.52 Å². The minimum Gasteiger partial charge on any atom is -0.355 e. The van der Waals surface area contributed by atoms with Crippen LogP contribution in [-0.4, -0.2) is 35.0 Å². The maximum Gasteiger partial charge on any atom is 0.273 e. The second-order valence-corrected chi connectivity index (χ2v) is 5.65. The van der Waals surface area contributed by atoms with Gasteiger partial charge < -0.3 is 15.2 Å². The molecule has 2 heterocycles. The number of aromatic nitrogens is 2. The molecule has 0 aliphatic carbocycles. The highest BCUT2D eigenvalue weighted by Crippen LogP contribution is 2.19. The molecule has 0 radical (unpaired) electrons. The lowest BCUT2D eigenvalue weighted by molar-refractivity contribution is 0.0944. The molecular weight excluding hydrogens is 351 g/mol. The summed E-state index contributed by atoms with van der Waals surface area (Å²) in [5.41, 5.74) is 0.891. The Labute approximate surface area is 154 Å². The Kier molecular flexibility index (Phi) is 5.88. The quantitative estimate of drug-likeness (QED) is 0.493. The van der Waals surface area contributed by atoms with Gasteiger partial charge in [0.15, 0.2) is 11.5 Å². The standard InChI is InChI=1S/C19H17FN4O3/c20-17-14(8-4-9-21-17)18(25)22-10-5-11-23-19(26)15-12-16(27-24-15)13-6-2-1-3-7-13/h1-4,6-9,12H,5,10-11H2,(H,22,25)(H,23,26). The van der Waals surface area contributed by atoms with Gasteiger partial charge in [0, 0.05) is 30.9 Å².